The molecule has 11 heteroatoms. The highest BCUT2D eigenvalue weighted by Crippen LogP contribution is 2.36. The fraction of sp³-hybridized carbons (Fsp3) is 0.267. The fourth-order valence-electron chi connectivity index (χ4n) is 2.10. The molecule has 0 saturated carbocycles. The quantitative estimate of drug-likeness (QED) is 0.420. The third-order valence-electron chi connectivity index (χ3n) is 3.30. The van der Waals surface area contributed by atoms with E-state index in [-0.39, 0.29) is 32.0 Å². The number of methoxy groups -OCH3 is 1. The molecule has 1 aromatic heterocycles. The molecular formula is C15H13BrCl2F2N2O3S. The summed E-state index contributed by atoms with van der Waals surface area (Å²) >= 11 is 14.8. The first-order valence-corrected chi connectivity index (χ1v) is 9.98. The monoisotopic (exact) mass is 488 g/mol. The van der Waals surface area contributed by atoms with Crippen molar-refractivity contribution in [3.8, 4) is 0 Å². The number of benzene rings is 1. The van der Waals surface area contributed by atoms with E-state index in [1.165, 1.54) is 19.4 Å². The molecule has 0 radical (unpaired) electrons. The van der Waals surface area contributed by atoms with Gasteiger partial charge in [0.25, 0.3) is 15.9 Å². The van der Waals surface area contributed by atoms with Gasteiger partial charge in [-0.1, -0.05) is 23.2 Å². The molecule has 26 heavy (non-hydrogen) atoms. The van der Waals surface area contributed by atoms with Gasteiger partial charge in [0.1, 0.15) is 11.3 Å². The summed E-state index contributed by atoms with van der Waals surface area (Å²) in [6, 6.07) is 4.45. The van der Waals surface area contributed by atoms with Crippen molar-refractivity contribution in [2.45, 2.75) is 17.7 Å². The lowest BCUT2D eigenvalue weighted by molar-refractivity contribution is 0.0174. The van der Waals surface area contributed by atoms with Crippen molar-refractivity contribution in [2.24, 2.45) is 0 Å². The van der Waals surface area contributed by atoms with Crippen LogP contribution in [0.15, 0.2) is 40.0 Å². The normalized spacial score (nSPS) is 12.3. The molecule has 2 aromatic rings. The summed E-state index contributed by atoms with van der Waals surface area (Å²) in [7, 11) is -2.97. The third kappa shape index (κ3) is 4.45. The molecule has 0 atom stereocenters. The van der Waals surface area contributed by atoms with Crippen LogP contribution in [0.2, 0.25) is 10.0 Å². The molecule has 5 nitrogen and oxygen atoms in total. The molecule has 0 spiro atoms. The molecule has 0 saturated heterocycles. The number of alkyl halides is 2. The molecule has 0 unspecified atom stereocenters. The second-order valence-electron chi connectivity index (χ2n) is 5.26. The minimum absolute atomic E-state index is 0.0964. The Bertz CT molecular complexity index is 924. The Morgan fingerprint density at radius 1 is 1.31 bits per heavy atom. The van der Waals surface area contributed by atoms with Crippen molar-refractivity contribution in [3.63, 3.8) is 0 Å². The van der Waals surface area contributed by atoms with Gasteiger partial charge in [-0.2, -0.15) is 0 Å². The van der Waals surface area contributed by atoms with Crippen LogP contribution < -0.4 is 4.31 Å². The summed E-state index contributed by atoms with van der Waals surface area (Å²) in [4.78, 5) is 3.57. The van der Waals surface area contributed by atoms with Crippen molar-refractivity contribution in [1.82, 2.24) is 4.98 Å². The number of sulfonamides is 1. The first-order chi connectivity index (χ1) is 12.0. The Labute approximate surface area is 168 Å². The van der Waals surface area contributed by atoms with Gasteiger partial charge in [0.2, 0.25) is 0 Å². The minimum Gasteiger partial charge on any atom is -0.363 e. The molecule has 0 fully saturated rings. The van der Waals surface area contributed by atoms with E-state index in [2.05, 4.69) is 20.9 Å². The summed E-state index contributed by atoms with van der Waals surface area (Å²) in [6.45, 7) is 0.248. The first kappa shape index (κ1) is 21.3. The standard InChI is InChI=1S/C15H13BrCl2F2N2O3S/c1-15(19,20)11-6-10(3-4-12(11)18)26(23,24)22(8-25-2)13-5-9(17)7-21-14(13)16/h3-7H,8H2,1-2H3. The van der Waals surface area contributed by atoms with Crippen LogP contribution in [0.3, 0.4) is 0 Å². The summed E-state index contributed by atoms with van der Waals surface area (Å²) in [6.07, 6.45) is 1.32. The second-order valence-corrected chi connectivity index (χ2v) is 8.72. The van der Waals surface area contributed by atoms with E-state index in [0.717, 1.165) is 22.5 Å². The topological polar surface area (TPSA) is 59.5 Å². The van der Waals surface area contributed by atoms with E-state index in [9.17, 15) is 17.2 Å². The average Bonchev–Trinajstić information content (AvgIpc) is 2.54. The van der Waals surface area contributed by atoms with Gasteiger partial charge >= 0.3 is 0 Å². The molecule has 1 aromatic carbocycles. The largest absolute Gasteiger partial charge is 0.363 e. The Morgan fingerprint density at radius 2 is 1.96 bits per heavy atom. The van der Waals surface area contributed by atoms with Crippen LogP contribution in [-0.4, -0.2) is 27.2 Å². The van der Waals surface area contributed by atoms with Gasteiger partial charge in [0.15, 0.2) is 0 Å². The molecule has 142 valence electrons. The lowest BCUT2D eigenvalue weighted by atomic mass is 10.1. The molecule has 0 amide bonds. The van der Waals surface area contributed by atoms with Crippen LogP contribution in [0.4, 0.5) is 14.5 Å². The maximum absolute atomic E-state index is 13.7. The molecule has 0 aliphatic heterocycles. The Morgan fingerprint density at radius 3 is 2.54 bits per heavy atom. The number of anilines is 1. The smallest absolute Gasteiger partial charge is 0.272 e. The highest BCUT2D eigenvalue weighted by Gasteiger charge is 2.32. The highest BCUT2D eigenvalue weighted by molar-refractivity contribution is 9.10. The Kier molecular flexibility index (Phi) is 6.50. The average molecular weight is 490 g/mol. The lowest BCUT2D eigenvalue weighted by Crippen LogP contribution is -2.33. The molecule has 0 bridgehead atoms. The molecule has 0 aliphatic rings. The number of halogens is 5. The number of rotatable bonds is 6. The zero-order valence-corrected chi connectivity index (χ0v) is 17.4. The van der Waals surface area contributed by atoms with Crippen LogP contribution in [0, 0.1) is 0 Å². The van der Waals surface area contributed by atoms with Crippen LogP contribution in [-0.2, 0) is 20.7 Å². The fourth-order valence-corrected chi connectivity index (χ4v) is 4.49. The van der Waals surface area contributed by atoms with Crippen LogP contribution in [0.25, 0.3) is 0 Å². The van der Waals surface area contributed by atoms with Gasteiger partial charge < -0.3 is 4.74 Å². The van der Waals surface area contributed by atoms with E-state index in [0.29, 0.717) is 6.92 Å². The van der Waals surface area contributed by atoms with Crippen LogP contribution >= 0.6 is 39.1 Å². The van der Waals surface area contributed by atoms with E-state index in [4.69, 9.17) is 27.9 Å². The number of hydrogen-bond donors (Lipinski definition) is 0. The van der Waals surface area contributed by atoms with Crippen molar-refractivity contribution >= 4 is 54.8 Å². The molecular weight excluding hydrogens is 477 g/mol. The van der Waals surface area contributed by atoms with E-state index in [1.54, 1.807) is 0 Å². The molecule has 1 heterocycles. The number of ether oxygens (including phenoxy) is 1. The van der Waals surface area contributed by atoms with Gasteiger partial charge in [-0.05, 0) is 40.2 Å². The lowest BCUT2D eigenvalue weighted by Gasteiger charge is -2.25. The summed E-state index contributed by atoms with van der Waals surface area (Å²) < 4.78 is 59.5. The zero-order valence-electron chi connectivity index (χ0n) is 13.5. The van der Waals surface area contributed by atoms with Gasteiger partial charge in [0.05, 0.1) is 15.6 Å². The number of nitrogens with zero attached hydrogens (tertiary/aromatic N) is 2. The van der Waals surface area contributed by atoms with Gasteiger partial charge in [-0.15, -0.1) is 0 Å². The van der Waals surface area contributed by atoms with E-state index >= 15 is 0 Å². The predicted molar refractivity (Wildman–Crippen MR) is 99.5 cm³/mol. The van der Waals surface area contributed by atoms with Gasteiger partial charge in [0, 0.05) is 30.8 Å². The number of pyridine rings is 1. The Hall–Kier alpha value is -1.00. The molecule has 2 rings (SSSR count). The highest BCUT2D eigenvalue weighted by atomic mass is 79.9. The van der Waals surface area contributed by atoms with Gasteiger partial charge in [-0.3, -0.25) is 0 Å². The summed E-state index contributed by atoms with van der Waals surface area (Å²) in [5.41, 5.74) is -0.500. The van der Waals surface area contributed by atoms with Crippen molar-refractivity contribution in [2.75, 3.05) is 18.1 Å². The van der Waals surface area contributed by atoms with Crippen molar-refractivity contribution in [3.05, 3.63) is 50.7 Å². The van der Waals surface area contributed by atoms with Crippen LogP contribution in [0.5, 0.6) is 0 Å². The number of aromatic nitrogens is 1. The zero-order chi connectivity index (χ0) is 19.7. The third-order valence-corrected chi connectivity index (χ3v) is 6.18. The Balaban J connectivity index is 2.64. The van der Waals surface area contributed by atoms with Crippen LogP contribution in [0.1, 0.15) is 12.5 Å². The van der Waals surface area contributed by atoms with Crippen molar-refractivity contribution < 1.29 is 21.9 Å². The van der Waals surface area contributed by atoms with Crippen molar-refractivity contribution in [1.29, 1.82) is 0 Å². The second kappa shape index (κ2) is 7.93. The minimum atomic E-state index is -4.27. The summed E-state index contributed by atoms with van der Waals surface area (Å²) in [5.74, 6) is -3.31. The maximum Gasteiger partial charge on any atom is 0.272 e. The maximum atomic E-state index is 13.7. The first-order valence-electron chi connectivity index (χ1n) is 6.99. The van der Waals surface area contributed by atoms with E-state index < -0.39 is 21.5 Å². The van der Waals surface area contributed by atoms with Gasteiger partial charge in [-0.25, -0.2) is 26.5 Å². The SMILES string of the molecule is COCN(c1cc(Cl)cnc1Br)S(=O)(=O)c1ccc(Cl)c(C(C)(F)F)c1. The van der Waals surface area contributed by atoms with E-state index in [1.807, 2.05) is 0 Å². The predicted octanol–water partition coefficient (Wildman–Crippen LogP) is 5.06. The molecule has 0 N–H and O–H groups in total. The number of hydrogen-bond acceptors (Lipinski definition) is 4. The molecule has 0 aliphatic carbocycles. The summed E-state index contributed by atoms with van der Waals surface area (Å²) in [5, 5.41) is -0.0447.